The molecule has 0 saturated carbocycles. The monoisotopic (exact) mass is 235 g/mol. The number of aliphatic hydroxyl groups is 1. The lowest BCUT2D eigenvalue weighted by atomic mass is 9.97. The van der Waals surface area contributed by atoms with Crippen molar-refractivity contribution in [3.05, 3.63) is 23.9 Å². The molecule has 0 aliphatic carbocycles. The maximum atomic E-state index is 9.70. The molecule has 0 spiro atoms. The number of piperidine rings is 1. The van der Waals surface area contributed by atoms with Gasteiger partial charge in [-0.3, -0.25) is 0 Å². The lowest BCUT2D eigenvalue weighted by Gasteiger charge is -2.35. The number of nitrogens with two attached hydrogens (primary N) is 1. The van der Waals surface area contributed by atoms with E-state index in [1.54, 1.807) is 0 Å². The van der Waals surface area contributed by atoms with Crippen LogP contribution in [-0.4, -0.2) is 29.3 Å². The second-order valence-electron chi connectivity index (χ2n) is 5.02. The maximum absolute atomic E-state index is 9.70. The first-order valence-corrected chi connectivity index (χ1v) is 6.22. The fourth-order valence-corrected chi connectivity index (χ4v) is 2.20. The minimum atomic E-state index is -0.172. The van der Waals surface area contributed by atoms with Gasteiger partial charge in [0.05, 0.1) is 6.10 Å². The first-order valence-electron chi connectivity index (χ1n) is 6.22. The molecule has 1 aromatic rings. The van der Waals surface area contributed by atoms with Crippen LogP contribution in [0.25, 0.3) is 0 Å². The molecule has 4 heteroatoms. The van der Waals surface area contributed by atoms with E-state index >= 15 is 0 Å². The highest BCUT2D eigenvalue weighted by molar-refractivity contribution is 5.40. The summed E-state index contributed by atoms with van der Waals surface area (Å²) in [6, 6.07) is 4.07. The predicted octanol–water partition coefficient (Wildman–Crippen LogP) is 1.31. The van der Waals surface area contributed by atoms with E-state index in [-0.39, 0.29) is 12.1 Å². The molecule has 0 bridgehead atoms. The predicted molar refractivity (Wildman–Crippen MR) is 68.8 cm³/mol. The Labute approximate surface area is 102 Å². The highest BCUT2D eigenvalue weighted by Gasteiger charge is 2.24. The van der Waals surface area contributed by atoms with E-state index in [0.29, 0.717) is 5.92 Å². The van der Waals surface area contributed by atoms with Gasteiger partial charge in [-0.25, -0.2) is 4.98 Å². The lowest BCUT2D eigenvalue weighted by Crippen LogP contribution is -2.42. The smallest absolute Gasteiger partial charge is 0.128 e. The van der Waals surface area contributed by atoms with Crippen LogP contribution < -0.4 is 10.6 Å². The van der Waals surface area contributed by atoms with E-state index in [0.717, 1.165) is 30.9 Å². The van der Waals surface area contributed by atoms with Gasteiger partial charge in [0.15, 0.2) is 0 Å². The fourth-order valence-electron chi connectivity index (χ4n) is 2.20. The zero-order valence-corrected chi connectivity index (χ0v) is 10.5. The summed E-state index contributed by atoms with van der Waals surface area (Å²) in [7, 11) is 0. The van der Waals surface area contributed by atoms with Gasteiger partial charge in [0.2, 0.25) is 0 Å². The Balaban J connectivity index is 2.07. The summed E-state index contributed by atoms with van der Waals surface area (Å²) in [5, 5.41) is 9.70. The number of nitrogens with zero attached hydrogens (tertiary/aromatic N) is 2. The lowest BCUT2D eigenvalue weighted by molar-refractivity contribution is 0.0969. The average molecular weight is 235 g/mol. The van der Waals surface area contributed by atoms with Crippen molar-refractivity contribution in [1.82, 2.24) is 4.98 Å². The van der Waals surface area contributed by atoms with Crippen LogP contribution >= 0.6 is 0 Å². The van der Waals surface area contributed by atoms with Crippen molar-refractivity contribution < 1.29 is 5.11 Å². The molecule has 4 nitrogen and oxygen atoms in total. The number of aliphatic hydroxyl groups excluding tert-OH is 1. The van der Waals surface area contributed by atoms with Crippen LogP contribution in [0.3, 0.4) is 0 Å². The summed E-state index contributed by atoms with van der Waals surface area (Å²) in [5.41, 5.74) is 6.85. The molecule has 1 fully saturated rings. The molecule has 3 N–H and O–H groups in total. The topological polar surface area (TPSA) is 62.4 Å². The van der Waals surface area contributed by atoms with E-state index < -0.39 is 0 Å². The number of pyridine rings is 1. The second kappa shape index (κ2) is 5.02. The van der Waals surface area contributed by atoms with Crippen molar-refractivity contribution in [1.29, 1.82) is 0 Å². The van der Waals surface area contributed by atoms with Crippen LogP contribution in [0.15, 0.2) is 18.3 Å². The van der Waals surface area contributed by atoms with E-state index in [9.17, 15) is 5.11 Å². The van der Waals surface area contributed by atoms with Crippen molar-refractivity contribution in [2.75, 3.05) is 18.0 Å². The second-order valence-corrected chi connectivity index (χ2v) is 5.02. The molecule has 3 unspecified atom stereocenters. The molecule has 2 rings (SSSR count). The molecule has 94 valence electrons. The molecule has 0 radical (unpaired) electrons. The molecule has 1 saturated heterocycles. The SMILES string of the molecule is CC(N)c1ccc(N2CCC(O)C(C)C2)nc1. The van der Waals surface area contributed by atoms with E-state index in [1.807, 2.05) is 25.3 Å². The fraction of sp³-hybridized carbons (Fsp3) is 0.615. The molecular weight excluding hydrogens is 214 g/mol. The van der Waals surface area contributed by atoms with Crippen molar-refractivity contribution >= 4 is 5.82 Å². The van der Waals surface area contributed by atoms with Crippen LogP contribution in [0.4, 0.5) is 5.82 Å². The van der Waals surface area contributed by atoms with Crippen LogP contribution in [0.1, 0.15) is 31.9 Å². The molecule has 0 aromatic carbocycles. The number of hydrogen-bond acceptors (Lipinski definition) is 4. The molecule has 0 amide bonds. The Morgan fingerprint density at radius 2 is 2.29 bits per heavy atom. The number of rotatable bonds is 2. The number of hydrogen-bond donors (Lipinski definition) is 2. The van der Waals surface area contributed by atoms with Gasteiger partial charge in [0.25, 0.3) is 0 Å². The Hall–Kier alpha value is -1.13. The zero-order valence-electron chi connectivity index (χ0n) is 10.5. The van der Waals surface area contributed by atoms with Gasteiger partial charge < -0.3 is 15.7 Å². The van der Waals surface area contributed by atoms with Gasteiger partial charge in [0, 0.05) is 25.3 Å². The van der Waals surface area contributed by atoms with Gasteiger partial charge in [-0.05, 0) is 30.9 Å². The first kappa shape index (κ1) is 12.3. The quantitative estimate of drug-likeness (QED) is 0.811. The van der Waals surface area contributed by atoms with Gasteiger partial charge >= 0.3 is 0 Å². The largest absolute Gasteiger partial charge is 0.393 e. The molecule has 1 aliphatic heterocycles. The molecule has 2 heterocycles. The summed E-state index contributed by atoms with van der Waals surface area (Å²) < 4.78 is 0. The van der Waals surface area contributed by atoms with Gasteiger partial charge in [-0.2, -0.15) is 0 Å². The number of anilines is 1. The van der Waals surface area contributed by atoms with E-state index in [2.05, 4.69) is 16.8 Å². The normalized spacial score (nSPS) is 26.9. The molecule has 1 aromatic heterocycles. The van der Waals surface area contributed by atoms with Crippen LogP contribution in [-0.2, 0) is 0 Å². The number of aromatic nitrogens is 1. The maximum Gasteiger partial charge on any atom is 0.128 e. The Kier molecular flexibility index (Phi) is 3.64. The van der Waals surface area contributed by atoms with Crippen molar-refractivity contribution in [3.8, 4) is 0 Å². The zero-order chi connectivity index (χ0) is 12.4. The Bertz CT molecular complexity index is 363. The van der Waals surface area contributed by atoms with Crippen molar-refractivity contribution in [2.24, 2.45) is 11.7 Å². The minimum Gasteiger partial charge on any atom is -0.393 e. The van der Waals surface area contributed by atoms with Crippen LogP contribution in [0.5, 0.6) is 0 Å². The molecule has 3 atom stereocenters. The standard InChI is InChI=1S/C13H21N3O/c1-9-8-16(6-5-12(9)17)13-4-3-11(7-15-13)10(2)14/h3-4,7,9-10,12,17H,5-6,8,14H2,1-2H3. The van der Waals surface area contributed by atoms with Crippen molar-refractivity contribution in [3.63, 3.8) is 0 Å². The summed E-state index contributed by atoms with van der Waals surface area (Å²) in [4.78, 5) is 6.67. The molecule has 17 heavy (non-hydrogen) atoms. The summed E-state index contributed by atoms with van der Waals surface area (Å²) in [6.45, 7) is 5.77. The minimum absolute atomic E-state index is 0.0265. The van der Waals surface area contributed by atoms with Crippen molar-refractivity contribution in [2.45, 2.75) is 32.4 Å². The average Bonchev–Trinajstić information content (AvgIpc) is 2.33. The third-order valence-electron chi connectivity index (χ3n) is 3.48. The summed E-state index contributed by atoms with van der Waals surface area (Å²) in [6.07, 6.45) is 2.49. The van der Waals surface area contributed by atoms with Gasteiger partial charge in [-0.15, -0.1) is 0 Å². The van der Waals surface area contributed by atoms with Gasteiger partial charge in [-0.1, -0.05) is 13.0 Å². The van der Waals surface area contributed by atoms with E-state index in [1.165, 1.54) is 0 Å². The third kappa shape index (κ3) is 2.76. The Morgan fingerprint density at radius 1 is 1.53 bits per heavy atom. The third-order valence-corrected chi connectivity index (χ3v) is 3.48. The summed E-state index contributed by atoms with van der Waals surface area (Å²) >= 11 is 0. The van der Waals surface area contributed by atoms with Crippen LogP contribution in [0.2, 0.25) is 0 Å². The van der Waals surface area contributed by atoms with Gasteiger partial charge in [0.1, 0.15) is 5.82 Å². The highest BCUT2D eigenvalue weighted by atomic mass is 16.3. The highest BCUT2D eigenvalue weighted by Crippen LogP contribution is 2.22. The molecule has 1 aliphatic rings. The van der Waals surface area contributed by atoms with Crippen LogP contribution in [0, 0.1) is 5.92 Å². The van der Waals surface area contributed by atoms with E-state index in [4.69, 9.17) is 5.73 Å². The molecular formula is C13H21N3O. The summed E-state index contributed by atoms with van der Waals surface area (Å²) in [5.74, 6) is 1.28. The Morgan fingerprint density at radius 3 is 2.82 bits per heavy atom. The first-order chi connectivity index (χ1) is 8.08.